The summed E-state index contributed by atoms with van der Waals surface area (Å²) < 4.78 is 4.63. The van der Waals surface area contributed by atoms with Gasteiger partial charge in [-0.25, -0.2) is 0 Å². The van der Waals surface area contributed by atoms with E-state index in [1.165, 1.54) is 7.11 Å². The van der Waals surface area contributed by atoms with Crippen molar-refractivity contribution in [2.24, 2.45) is 0 Å². The standard InChI is InChI=1S/C16H14ClNO3/c1-21-16(20)8-11-2-4-12(5-3-11)13-6-7-15(18-10-19)14(17)9-13/h2-7,9-10H,8H2,1H3,(H,18,19). The molecule has 0 spiro atoms. The number of carbonyl (C=O) groups is 2. The van der Waals surface area contributed by atoms with Gasteiger partial charge in [0.25, 0.3) is 0 Å². The summed E-state index contributed by atoms with van der Waals surface area (Å²) in [4.78, 5) is 21.6. The molecule has 0 aliphatic carbocycles. The molecule has 0 fully saturated rings. The number of halogens is 1. The summed E-state index contributed by atoms with van der Waals surface area (Å²) in [6.45, 7) is 0. The predicted octanol–water partition coefficient (Wildman–Crippen LogP) is 3.29. The molecule has 108 valence electrons. The van der Waals surface area contributed by atoms with Crippen LogP contribution in [-0.4, -0.2) is 19.5 Å². The van der Waals surface area contributed by atoms with Crippen molar-refractivity contribution >= 4 is 29.7 Å². The molecular formula is C16H14ClNO3. The highest BCUT2D eigenvalue weighted by atomic mass is 35.5. The maximum atomic E-state index is 11.2. The van der Waals surface area contributed by atoms with Crippen LogP contribution in [0.15, 0.2) is 42.5 Å². The van der Waals surface area contributed by atoms with E-state index in [0.29, 0.717) is 17.1 Å². The second-order valence-electron chi connectivity index (χ2n) is 4.41. The van der Waals surface area contributed by atoms with Gasteiger partial charge >= 0.3 is 5.97 Å². The Morgan fingerprint density at radius 3 is 2.43 bits per heavy atom. The van der Waals surface area contributed by atoms with E-state index >= 15 is 0 Å². The number of nitrogens with one attached hydrogen (secondary N) is 1. The average molecular weight is 304 g/mol. The highest BCUT2D eigenvalue weighted by Crippen LogP contribution is 2.28. The first-order chi connectivity index (χ1) is 10.1. The van der Waals surface area contributed by atoms with Gasteiger partial charge in [0, 0.05) is 0 Å². The molecule has 1 N–H and O–H groups in total. The molecule has 0 bridgehead atoms. The zero-order valence-electron chi connectivity index (χ0n) is 11.4. The molecule has 1 amide bonds. The summed E-state index contributed by atoms with van der Waals surface area (Å²) in [6, 6.07) is 13.0. The zero-order chi connectivity index (χ0) is 15.2. The van der Waals surface area contributed by atoms with Gasteiger partial charge < -0.3 is 10.1 Å². The van der Waals surface area contributed by atoms with Gasteiger partial charge in [0.15, 0.2) is 0 Å². The lowest BCUT2D eigenvalue weighted by molar-refractivity contribution is -0.139. The molecule has 0 atom stereocenters. The van der Waals surface area contributed by atoms with Gasteiger partial charge in [-0.1, -0.05) is 41.9 Å². The summed E-state index contributed by atoms with van der Waals surface area (Å²) in [5.74, 6) is -0.268. The number of hydrogen-bond donors (Lipinski definition) is 1. The number of rotatable bonds is 5. The average Bonchev–Trinajstić information content (AvgIpc) is 2.50. The Hall–Kier alpha value is -2.33. The molecular weight excluding hydrogens is 290 g/mol. The van der Waals surface area contributed by atoms with Crippen LogP contribution in [0.4, 0.5) is 5.69 Å². The maximum absolute atomic E-state index is 11.2. The van der Waals surface area contributed by atoms with Crippen molar-refractivity contribution in [1.29, 1.82) is 0 Å². The van der Waals surface area contributed by atoms with E-state index in [0.717, 1.165) is 16.7 Å². The smallest absolute Gasteiger partial charge is 0.309 e. The van der Waals surface area contributed by atoms with Gasteiger partial charge in [0.2, 0.25) is 6.41 Å². The number of ether oxygens (including phenoxy) is 1. The van der Waals surface area contributed by atoms with Crippen molar-refractivity contribution in [2.45, 2.75) is 6.42 Å². The summed E-state index contributed by atoms with van der Waals surface area (Å²) in [7, 11) is 1.37. The van der Waals surface area contributed by atoms with Gasteiger partial charge in [0.1, 0.15) is 0 Å². The largest absolute Gasteiger partial charge is 0.469 e. The first-order valence-electron chi connectivity index (χ1n) is 6.30. The summed E-state index contributed by atoms with van der Waals surface area (Å²) in [5, 5.41) is 3.00. The van der Waals surface area contributed by atoms with Crippen molar-refractivity contribution in [2.75, 3.05) is 12.4 Å². The second kappa shape index (κ2) is 6.90. The lowest BCUT2D eigenvalue weighted by atomic mass is 10.0. The number of amides is 1. The minimum absolute atomic E-state index is 0.250. The van der Waals surface area contributed by atoms with Gasteiger partial charge in [-0.3, -0.25) is 9.59 Å². The maximum Gasteiger partial charge on any atom is 0.309 e. The molecule has 2 aromatic rings. The number of carbonyl (C=O) groups excluding carboxylic acids is 2. The third kappa shape index (κ3) is 3.83. The zero-order valence-corrected chi connectivity index (χ0v) is 12.2. The number of benzene rings is 2. The molecule has 5 heteroatoms. The molecule has 0 aliphatic heterocycles. The summed E-state index contributed by atoms with van der Waals surface area (Å²) >= 11 is 6.09. The van der Waals surface area contributed by atoms with E-state index in [2.05, 4.69) is 10.1 Å². The monoisotopic (exact) mass is 303 g/mol. The van der Waals surface area contributed by atoms with E-state index in [1.54, 1.807) is 12.1 Å². The molecule has 0 saturated heterocycles. The first kappa shape index (κ1) is 15.1. The Morgan fingerprint density at radius 1 is 1.19 bits per heavy atom. The number of methoxy groups -OCH3 is 1. The highest BCUT2D eigenvalue weighted by molar-refractivity contribution is 6.33. The Labute approximate surface area is 127 Å². The minimum atomic E-state index is -0.268. The number of esters is 1. The molecule has 0 saturated carbocycles. The van der Waals surface area contributed by atoms with Gasteiger partial charge in [-0.15, -0.1) is 0 Å². The van der Waals surface area contributed by atoms with Gasteiger partial charge in [-0.05, 0) is 28.8 Å². The summed E-state index contributed by atoms with van der Waals surface area (Å²) in [6.07, 6.45) is 0.836. The quantitative estimate of drug-likeness (QED) is 0.681. The van der Waals surface area contributed by atoms with Crippen LogP contribution in [0.3, 0.4) is 0 Å². The first-order valence-corrected chi connectivity index (χ1v) is 6.67. The fraction of sp³-hybridized carbons (Fsp3) is 0.125. The summed E-state index contributed by atoms with van der Waals surface area (Å²) in [5.41, 5.74) is 3.36. The van der Waals surface area contributed by atoms with Crippen LogP contribution in [0.5, 0.6) is 0 Å². The molecule has 0 radical (unpaired) electrons. The highest BCUT2D eigenvalue weighted by Gasteiger charge is 2.05. The molecule has 0 heterocycles. The van der Waals surface area contributed by atoms with Crippen molar-refractivity contribution < 1.29 is 14.3 Å². The lowest BCUT2D eigenvalue weighted by Gasteiger charge is -2.07. The normalized spacial score (nSPS) is 10.0. The van der Waals surface area contributed by atoms with Crippen LogP contribution in [-0.2, 0) is 20.7 Å². The number of hydrogen-bond acceptors (Lipinski definition) is 3. The SMILES string of the molecule is COC(=O)Cc1ccc(-c2ccc(NC=O)c(Cl)c2)cc1. The van der Waals surface area contributed by atoms with E-state index < -0.39 is 0 Å². The molecule has 4 nitrogen and oxygen atoms in total. The van der Waals surface area contributed by atoms with Crippen LogP contribution in [0.2, 0.25) is 5.02 Å². The fourth-order valence-corrected chi connectivity index (χ4v) is 2.16. The van der Waals surface area contributed by atoms with Crippen LogP contribution in [0.25, 0.3) is 11.1 Å². The van der Waals surface area contributed by atoms with Crippen molar-refractivity contribution in [3.05, 3.63) is 53.1 Å². The molecule has 21 heavy (non-hydrogen) atoms. The van der Waals surface area contributed by atoms with Gasteiger partial charge in [0.05, 0.1) is 24.2 Å². The van der Waals surface area contributed by atoms with Crippen LogP contribution < -0.4 is 5.32 Å². The third-order valence-corrected chi connectivity index (χ3v) is 3.36. The fourth-order valence-electron chi connectivity index (χ4n) is 1.93. The van der Waals surface area contributed by atoms with Crippen LogP contribution in [0.1, 0.15) is 5.56 Å². The van der Waals surface area contributed by atoms with E-state index in [1.807, 2.05) is 30.3 Å². The van der Waals surface area contributed by atoms with Crippen molar-refractivity contribution in [3.63, 3.8) is 0 Å². The van der Waals surface area contributed by atoms with Crippen molar-refractivity contribution in [1.82, 2.24) is 0 Å². The van der Waals surface area contributed by atoms with Gasteiger partial charge in [-0.2, -0.15) is 0 Å². The lowest BCUT2D eigenvalue weighted by Crippen LogP contribution is -2.04. The molecule has 0 unspecified atom stereocenters. The minimum Gasteiger partial charge on any atom is -0.469 e. The Morgan fingerprint density at radius 2 is 1.86 bits per heavy atom. The van der Waals surface area contributed by atoms with E-state index in [9.17, 15) is 9.59 Å². The molecule has 2 aromatic carbocycles. The van der Waals surface area contributed by atoms with Crippen LogP contribution in [0, 0.1) is 0 Å². The second-order valence-corrected chi connectivity index (χ2v) is 4.81. The Bertz CT molecular complexity index is 653. The van der Waals surface area contributed by atoms with E-state index in [-0.39, 0.29) is 12.4 Å². The molecule has 0 aromatic heterocycles. The van der Waals surface area contributed by atoms with Crippen molar-refractivity contribution in [3.8, 4) is 11.1 Å². The Balaban J connectivity index is 2.20. The number of anilines is 1. The topological polar surface area (TPSA) is 55.4 Å². The molecule has 2 rings (SSSR count). The predicted molar refractivity (Wildman–Crippen MR) is 82.3 cm³/mol. The van der Waals surface area contributed by atoms with E-state index in [4.69, 9.17) is 11.6 Å². The molecule has 0 aliphatic rings. The van der Waals surface area contributed by atoms with Crippen LogP contribution >= 0.6 is 11.6 Å². The Kier molecular flexibility index (Phi) is 4.95. The third-order valence-electron chi connectivity index (χ3n) is 3.05.